The predicted octanol–water partition coefficient (Wildman–Crippen LogP) is 7.44. The molecule has 2 fully saturated rings. The normalized spacial score (nSPS) is 29.3. The number of aliphatic hydroxyl groups is 1. The van der Waals surface area contributed by atoms with Crippen LogP contribution in [0.2, 0.25) is 0 Å². The molecule has 0 aliphatic carbocycles. The van der Waals surface area contributed by atoms with Crippen molar-refractivity contribution in [3.8, 4) is 0 Å². The lowest BCUT2D eigenvalue weighted by Crippen LogP contribution is -2.38. The molecule has 1 N–H and O–H groups in total. The van der Waals surface area contributed by atoms with Gasteiger partial charge in [-0.3, -0.25) is 9.59 Å². The van der Waals surface area contributed by atoms with Gasteiger partial charge in [-0.25, -0.2) is 0 Å². The third kappa shape index (κ3) is 20.0. The van der Waals surface area contributed by atoms with Crippen molar-refractivity contribution < 1.29 is 24.2 Å². The van der Waals surface area contributed by atoms with Gasteiger partial charge in [0.2, 0.25) is 0 Å². The molecular weight excluding hydrogens is 528 g/mol. The number of hydrogen-bond acceptors (Lipinski definition) is 7. The van der Waals surface area contributed by atoms with Crippen LogP contribution < -0.4 is 0 Å². The molecule has 2 heterocycles. The summed E-state index contributed by atoms with van der Waals surface area (Å²) in [6, 6.07) is 0. The Labute approximate surface area is 261 Å². The number of carbonyl (C=O) groups excluding carboxylic acids is 2. The number of rotatable bonds is 2. The van der Waals surface area contributed by atoms with E-state index < -0.39 is 11.7 Å². The van der Waals surface area contributed by atoms with Crippen LogP contribution in [0.3, 0.4) is 0 Å². The van der Waals surface area contributed by atoms with E-state index >= 15 is 0 Å². The minimum Gasteiger partial charge on any atom is -0.465 e. The first-order valence-corrected chi connectivity index (χ1v) is 17.2. The van der Waals surface area contributed by atoms with Gasteiger partial charge in [-0.1, -0.05) is 62.3 Å². The van der Waals surface area contributed by atoms with Gasteiger partial charge in [0.1, 0.15) is 11.2 Å². The van der Waals surface area contributed by atoms with Crippen molar-refractivity contribution in [1.82, 2.24) is 9.80 Å². The highest BCUT2D eigenvalue weighted by atomic mass is 16.6. The summed E-state index contributed by atoms with van der Waals surface area (Å²) in [5.74, 6) is 1.96. The number of nitrogens with zero attached hydrogens (tertiary/aromatic N) is 2. The highest BCUT2D eigenvalue weighted by Gasteiger charge is 2.37. The lowest BCUT2D eigenvalue weighted by molar-refractivity contribution is -0.169. The fourth-order valence-corrected chi connectivity index (χ4v) is 5.60. The molecule has 2 aliphatic rings. The molecule has 0 radical (unpaired) electrons. The number of hydrogen-bond donors (Lipinski definition) is 1. The maximum Gasteiger partial charge on any atom is 0.319 e. The van der Waals surface area contributed by atoms with Crippen LogP contribution in [-0.2, 0) is 19.1 Å². The molecule has 0 saturated carbocycles. The van der Waals surface area contributed by atoms with Crippen LogP contribution in [0.15, 0.2) is 0 Å². The third-order valence-electron chi connectivity index (χ3n) is 7.75. The molecule has 0 aromatic carbocycles. The summed E-state index contributed by atoms with van der Waals surface area (Å²) in [5.41, 5.74) is -1.04. The van der Waals surface area contributed by atoms with Crippen LogP contribution in [0, 0.1) is 29.1 Å². The maximum atomic E-state index is 12.6. The summed E-state index contributed by atoms with van der Waals surface area (Å²) < 4.78 is 10.6. The second-order valence-electron chi connectivity index (χ2n) is 13.3. The molecule has 252 valence electrons. The molecule has 0 amide bonds. The minimum atomic E-state index is -1.04. The van der Waals surface area contributed by atoms with Gasteiger partial charge in [-0.2, -0.15) is 0 Å². The van der Waals surface area contributed by atoms with Gasteiger partial charge in [0.25, 0.3) is 0 Å². The van der Waals surface area contributed by atoms with Crippen molar-refractivity contribution >= 4 is 11.8 Å². The summed E-state index contributed by atoms with van der Waals surface area (Å²) in [5, 5.41) is 9.03. The lowest BCUT2D eigenvalue weighted by atomic mass is 9.83. The smallest absolute Gasteiger partial charge is 0.319 e. The fourth-order valence-electron chi connectivity index (χ4n) is 5.60. The van der Waals surface area contributed by atoms with E-state index in [1.54, 1.807) is 13.8 Å². The average Bonchev–Trinajstić information content (AvgIpc) is 2.90. The second-order valence-corrected chi connectivity index (χ2v) is 13.3. The number of carbonyl (C=O) groups is 2. The molecule has 5 atom stereocenters. The van der Waals surface area contributed by atoms with Crippen molar-refractivity contribution in [3.05, 3.63) is 0 Å². The van der Waals surface area contributed by atoms with Crippen molar-refractivity contribution in [3.63, 3.8) is 0 Å². The van der Waals surface area contributed by atoms with Gasteiger partial charge in [-0.15, -0.1) is 0 Å². The topological polar surface area (TPSA) is 79.3 Å². The Morgan fingerprint density at radius 3 is 2.05 bits per heavy atom. The number of ketones is 1. The Balaban J connectivity index is 0. The van der Waals surface area contributed by atoms with Crippen LogP contribution in [0.25, 0.3) is 0 Å². The molecule has 42 heavy (non-hydrogen) atoms. The van der Waals surface area contributed by atoms with E-state index in [1.807, 2.05) is 34.6 Å². The molecule has 7 nitrogen and oxygen atoms in total. The molecule has 7 heteroatoms. The predicted molar refractivity (Wildman–Crippen MR) is 178 cm³/mol. The number of likely N-dealkylation sites (N-methyl/N-ethyl adjacent to an activating group) is 1. The Bertz CT molecular complexity index is 659. The lowest BCUT2D eigenvalue weighted by Gasteiger charge is -2.29. The first-order valence-electron chi connectivity index (χ1n) is 17.2. The Kier molecular flexibility index (Phi) is 25.0. The van der Waals surface area contributed by atoms with Gasteiger partial charge in [0, 0.05) is 39.0 Å². The molecule has 0 aromatic heterocycles. The van der Waals surface area contributed by atoms with Crippen LogP contribution in [0.4, 0.5) is 0 Å². The van der Waals surface area contributed by atoms with Gasteiger partial charge in [0.05, 0.1) is 12.7 Å². The summed E-state index contributed by atoms with van der Waals surface area (Å²) >= 11 is 0. The van der Waals surface area contributed by atoms with E-state index in [4.69, 9.17) is 14.6 Å². The molecule has 2 aliphatic heterocycles. The highest BCUT2D eigenvalue weighted by molar-refractivity contribution is 6.02. The SMILES string of the molecule is CC.CC.CC(C)CN1CCCCOC(=O)C(C)(C)C(=O)CC[C@H](C)C[C@@H](C)CN(C)CC1.C[C@H]1C[C@@H](C)O[C@@H](O)C1. The molecule has 0 spiro atoms. The van der Waals surface area contributed by atoms with E-state index in [1.165, 1.54) is 0 Å². The number of aliphatic hydroxyl groups excluding tert-OH is 1. The maximum absolute atomic E-state index is 12.6. The van der Waals surface area contributed by atoms with Crippen molar-refractivity contribution in [1.29, 1.82) is 0 Å². The van der Waals surface area contributed by atoms with Gasteiger partial charge < -0.3 is 24.4 Å². The zero-order valence-electron chi connectivity index (χ0n) is 30.1. The van der Waals surface area contributed by atoms with E-state index in [0.29, 0.717) is 36.7 Å². The van der Waals surface area contributed by atoms with Crippen LogP contribution in [-0.4, -0.2) is 85.4 Å². The van der Waals surface area contributed by atoms with Gasteiger partial charge in [-0.05, 0) is 90.1 Å². The molecule has 0 aromatic rings. The van der Waals surface area contributed by atoms with Crippen molar-refractivity contribution in [2.45, 2.75) is 140 Å². The van der Waals surface area contributed by atoms with Crippen molar-refractivity contribution in [2.75, 3.05) is 46.4 Å². The summed E-state index contributed by atoms with van der Waals surface area (Å²) in [6.07, 6.45) is 5.86. The number of Topliss-reactive ketones (excluding diaryl/α,β-unsaturated/α-hetero) is 1. The average molecular weight is 601 g/mol. The molecule has 0 bridgehead atoms. The highest BCUT2D eigenvalue weighted by Crippen LogP contribution is 2.25. The van der Waals surface area contributed by atoms with E-state index in [-0.39, 0.29) is 17.9 Å². The van der Waals surface area contributed by atoms with Gasteiger partial charge in [0.15, 0.2) is 6.29 Å². The molecule has 0 unspecified atom stereocenters. The number of esters is 1. The number of ether oxygens (including phenoxy) is 2. The van der Waals surface area contributed by atoms with E-state index in [2.05, 4.69) is 51.5 Å². The van der Waals surface area contributed by atoms with Crippen molar-refractivity contribution in [2.24, 2.45) is 29.1 Å². The Morgan fingerprint density at radius 1 is 0.881 bits per heavy atom. The largest absolute Gasteiger partial charge is 0.465 e. The molecule has 2 rings (SSSR count). The zero-order valence-corrected chi connectivity index (χ0v) is 30.1. The Morgan fingerprint density at radius 2 is 1.50 bits per heavy atom. The summed E-state index contributed by atoms with van der Waals surface area (Å²) in [4.78, 5) is 30.1. The minimum absolute atomic E-state index is 0.00310. The van der Waals surface area contributed by atoms with Crippen LogP contribution in [0.1, 0.15) is 128 Å². The van der Waals surface area contributed by atoms with Gasteiger partial charge >= 0.3 is 5.97 Å². The second kappa shape index (κ2) is 24.3. The van der Waals surface area contributed by atoms with E-state index in [0.717, 1.165) is 71.2 Å². The summed E-state index contributed by atoms with van der Waals surface area (Å²) in [6.45, 7) is 30.4. The first kappa shape index (κ1) is 43.1. The Hall–Kier alpha value is -1.02. The van der Waals surface area contributed by atoms with Crippen LogP contribution in [0.5, 0.6) is 0 Å². The monoisotopic (exact) mass is 601 g/mol. The van der Waals surface area contributed by atoms with E-state index in [9.17, 15) is 9.59 Å². The standard InChI is InChI=1S/C24H46N2O3.C7H14O2.2C2H6/c1-19(2)17-26-12-8-9-15-29-23(28)24(5,6)22(27)11-10-20(3)16-21(4)18-25(7)13-14-26;1-5-3-6(2)9-7(8)4-5;2*1-2/h19-21H,8-18H2,1-7H3;5-8H,3-4H2,1-2H3;2*1-2H3/t20-,21+;5-,6+,7+;;/m00../s1. The first-order chi connectivity index (χ1) is 19.7. The summed E-state index contributed by atoms with van der Waals surface area (Å²) in [7, 11) is 2.22. The van der Waals surface area contributed by atoms with Crippen LogP contribution >= 0.6 is 0 Å². The molecule has 2 saturated heterocycles. The number of cyclic esters (lactones) is 1. The quantitative estimate of drug-likeness (QED) is 0.261. The third-order valence-corrected chi connectivity index (χ3v) is 7.75. The molecular formula is C35H72N2O5. The zero-order chi connectivity index (χ0) is 32.9. The fraction of sp³-hybridized carbons (Fsp3) is 0.943.